The molecule has 0 unspecified atom stereocenters. The fourth-order valence-corrected chi connectivity index (χ4v) is 11.3. The predicted molar refractivity (Wildman–Crippen MR) is 246 cm³/mol. The van der Waals surface area contributed by atoms with Crippen LogP contribution in [0, 0.1) is 0 Å². The van der Waals surface area contributed by atoms with Gasteiger partial charge in [0.25, 0.3) is 0 Å². The molecule has 2 aliphatic carbocycles. The third kappa shape index (κ3) is 3.91. The number of hydrogen-bond donors (Lipinski definition) is 0. The molecule has 0 fully saturated rings. The van der Waals surface area contributed by atoms with E-state index < -0.39 is 5.41 Å². The van der Waals surface area contributed by atoms with Crippen LogP contribution >= 0.6 is 0 Å². The van der Waals surface area contributed by atoms with Crippen molar-refractivity contribution >= 4 is 65.2 Å². The van der Waals surface area contributed by atoms with Gasteiger partial charge >= 0.3 is 0 Å². The van der Waals surface area contributed by atoms with Crippen LogP contribution in [0.4, 0.5) is 0 Å². The molecule has 0 radical (unpaired) electrons. The van der Waals surface area contributed by atoms with Crippen LogP contribution in [0.5, 0.6) is 0 Å². The predicted octanol–water partition coefficient (Wildman–Crippen LogP) is 14.5. The van der Waals surface area contributed by atoms with E-state index in [9.17, 15) is 0 Å². The van der Waals surface area contributed by atoms with Gasteiger partial charge in [-0.1, -0.05) is 146 Å². The molecular weight excluding hydrogens is 713 g/mol. The van der Waals surface area contributed by atoms with Gasteiger partial charge in [-0.2, -0.15) is 0 Å². The fourth-order valence-electron chi connectivity index (χ4n) is 11.3. The summed E-state index contributed by atoms with van der Waals surface area (Å²) in [5.74, 6) is 0. The summed E-state index contributed by atoms with van der Waals surface area (Å²) in [6.07, 6.45) is 0. The molecule has 0 bridgehead atoms. The lowest BCUT2D eigenvalue weighted by molar-refractivity contribution is 0.792. The molecule has 2 nitrogen and oxygen atoms in total. The van der Waals surface area contributed by atoms with Gasteiger partial charge in [-0.3, -0.25) is 0 Å². The minimum absolute atomic E-state index is 0.409. The van der Waals surface area contributed by atoms with E-state index in [2.05, 4.69) is 215 Å². The first-order valence-electron chi connectivity index (χ1n) is 20.6. The van der Waals surface area contributed by atoms with Crippen molar-refractivity contribution in [2.45, 2.75) is 5.41 Å². The Kier molecular flexibility index (Phi) is 5.99. The molecule has 10 aromatic carbocycles. The maximum absolute atomic E-state index is 2.52. The van der Waals surface area contributed by atoms with Gasteiger partial charge in [0, 0.05) is 32.9 Å². The van der Waals surface area contributed by atoms with E-state index in [-0.39, 0.29) is 0 Å². The van der Waals surface area contributed by atoms with Crippen LogP contribution in [0.15, 0.2) is 206 Å². The number of hydrogen-bond acceptors (Lipinski definition) is 0. The van der Waals surface area contributed by atoms with Crippen molar-refractivity contribution in [3.8, 4) is 33.6 Å². The zero-order valence-corrected chi connectivity index (χ0v) is 32.0. The second-order valence-corrected chi connectivity index (χ2v) is 16.4. The first-order chi connectivity index (χ1) is 29.3. The molecule has 12 aromatic rings. The van der Waals surface area contributed by atoms with E-state index >= 15 is 0 Å². The van der Waals surface area contributed by atoms with Crippen molar-refractivity contribution in [2.75, 3.05) is 0 Å². The van der Waals surface area contributed by atoms with Crippen LogP contribution in [0.2, 0.25) is 0 Å². The van der Waals surface area contributed by atoms with E-state index in [1.165, 1.54) is 115 Å². The van der Waals surface area contributed by atoms with Gasteiger partial charge in [0.15, 0.2) is 0 Å². The quantitative estimate of drug-likeness (QED) is 0.156. The van der Waals surface area contributed by atoms with Gasteiger partial charge in [-0.25, -0.2) is 0 Å². The molecule has 2 heteroatoms. The van der Waals surface area contributed by atoms with Crippen LogP contribution in [0.1, 0.15) is 22.3 Å². The molecule has 2 aromatic heterocycles. The smallest absolute Gasteiger partial charge is 0.0726 e. The maximum atomic E-state index is 2.52. The van der Waals surface area contributed by atoms with Gasteiger partial charge in [0.2, 0.25) is 0 Å². The van der Waals surface area contributed by atoms with Gasteiger partial charge in [-0.05, 0) is 127 Å². The Morgan fingerprint density at radius 2 is 0.864 bits per heavy atom. The lowest BCUT2D eigenvalue weighted by Crippen LogP contribution is -2.26. The normalized spacial score (nSPS) is 13.6. The van der Waals surface area contributed by atoms with Crippen LogP contribution in [0.3, 0.4) is 0 Å². The fraction of sp³-hybridized carbons (Fsp3) is 0.0175. The number of fused-ring (bicyclic) bond motifs is 19. The largest absolute Gasteiger partial charge is 0.309 e. The molecule has 272 valence electrons. The Morgan fingerprint density at radius 1 is 0.288 bits per heavy atom. The highest BCUT2D eigenvalue weighted by atomic mass is 15.0. The third-order valence-electron chi connectivity index (χ3n) is 13.6. The number of aromatic nitrogens is 2. The number of rotatable bonds is 2. The van der Waals surface area contributed by atoms with Gasteiger partial charge in [-0.15, -0.1) is 0 Å². The van der Waals surface area contributed by atoms with E-state index in [4.69, 9.17) is 0 Å². The lowest BCUT2D eigenvalue weighted by atomic mass is 9.70. The Morgan fingerprint density at radius 3 is 1.56 bits per heavy atom. The summed E-state index contributed by atoms with van der Waals surface area (Å²) in [4.78, 5) is 0. The molecule has 0 atom stereocenters. The molecule has 2 heterocycles. The van der Waals surface area contributed by atoms with Crippen molar-refractivity contribution in [1.29, 1.82) is 0 Å². The van der Waals surface area contributed by atoms with E-state index in [0.29, 0.717) is 0 Å². The molecule has 59 heavy (non-hydrogen) atoms. The molecule has 14 rings (SSSR count). The Bertz CT molecular complexity index is 3720. The zero-order chi connectivity index (χ0) is 38.4. The van der Waals surface area contributed by atoms with E-state index in [0.717, 1.165) is 5.69 Å². The molecule has 0 aliphatic heterocycles. The highest BCUT2D eigenvalue weighted by Crippen LogP contribution is 2.63. The molecule has 0 saturated heterocycles. The monoisotopic (exact) mass is 746 g/mol. The molecule has 0 amide bonds. The summed E-state index contributed by atoms with van der Waals surface area (Å²) in [5, 5.41) is 10.1. The zero-order valence-electron chi connectivity index (χ0n) is 32.0. The summed E-state index contributed by atoms with van der Waals surface area (Å²) in [5.41, 5.74) is 17.5. The highest BCUT2D eigenvalue weighted by molar-refractivity contribution is 6.27. The summed E-state index contributed by atoms with van der Waals surface area (Å²) in [7, 11) is 0. The second-order valence-electron chi connectivity index (χ2n) is 16.4. The second kappa shape index (κ2) is 11.2. The minimum atomic E-state index is -0.409. The summed E-state index contributed by atoms with van der Waals surface area (Å²) >= 11 is 0. The number of para-hydroxylation sites is 2. The average Bonchev–Trinajstić information content (AvgIpc) is 3.99. The Labute approximate surface area is 340 Å². The van der Waals surface area contributed by atoms with Crippen LogP contribution in [0.25, 0.3) is 98.8 Å². The first-order valence-corrected chi connectivity index (χ1v) is 20.6. The standard InChI is InChI=1S/C57H34N2/c1-2-16-39(17-3-1)59-54-33-38-31-36-15-5-4-14-35(36)30-37(38)32-47(54)45-28-29-53-55(56(45)59)46-21-9-13-25-52(46)58(53)40-26-27-44-43-20-8-12-24-50(43)57(51(44)34-40)48-22-10-6-18-41(48)42-19-7-11-23-49(42)57/h1-34H. The molecule has 2 aliphatic rings. The van der Waals surface area contributed by atoms with E-state index in [1.54, 1.807) is 0 Å². The molecule has 1 spiro atoms. The number of benzene rings is 10. The maximum Gasteiger partial charge on any atom is 0.0726 e. The number of nitrogens with zero attached hydrogens (tertiary/aromatic N) is 2. The molecule has 0 N–H and O–H groups in total. The van der Waals surface area contributed by atoms with Gasteiger partial charge in [0.1, 0.15) is 0 Å². The Balaban J connectivity index is 1.10. The van der Waals surface area contributed by atoms with Crippen molar-refractivity contribution in [3.63, 3.8) is 0 Å². The summed E-state index contributed by atoms with van der Waals surface area (Å²) < 4.78 is 5.03. The molecular formula is C57H34N2. The van der Waals surface area contributed by atoms with Crippen molar-refractivity contribution in [2.24, 2.45) is 0 Å². The topological polar surface area (TPSA) is 9.86 Å². The SMILES string of the molecule is c1ccc(-n2c3cc4cc5ccccc5cc4cc3c3ccc4c(c5ccccc5n4-c4ccc5c(c4)C4(c6ccccc6-c6ccccc64)c4ccccc4-5)c32)cc1. The van der Waals surface area contributed by atoms with Crippen LogP contribution in [-0.4, -0.2) is 9.13 Å². The molecule has 0 saturated carbocycles. The first kappa shape index (κ1) is 31.4. The van der Waals surface area contributed by atoms with Crippen molar-refractivity contribution in [3.05, 3.63) is 229 Å². The lowest BCUT2D eigenvalue weighted by Gasteiger charge is -2.30. The van der Waals surface area contributed by atoms with E-state index in [1.807, 2.05) is 0 Å². The third-order valence-corrected chi connectivity index (χ3v) is 13.6. The summed E-state index contributed by atoms with van der Waals surface area (Å²) in [6.45, 7) is 0. The van der Waals surface area contributed by atoms with Gasteiger partial charge in [0.05, 0.1) is 27.5 Å². The minimum Gasteiger partial charge on any atom is -0.309 e. The van der Waals surface area contributed by atoms with Crippen molar-refractivity contribution in [1.82, 2.24) is 9.13 Å². The summed E-state index contributed by atoms with van der Waals surface area (Å²) in [6, 6.07) is 77.3. The van der Waals surface area contributed by atoms with Crippen LogP contribution < -0.4 is 0 Å². The van der Waals surface area contributed by atoms with Crippen molar-refractivity contribution < 1.29 is 0 Å². The van der Waals surface area contributed by atoms with Gasteiger partial charge < -0.3 is 9.13 Å². The highest BCUT2D eigenvalue weighted by Gasteiger charge is 2.51. The Hall–Kier alpha value is -7.68. The average molecular weight is 747 g/mol. The van der Waals surface area contributed by atoms with Crippen LogP contribution in [-0.2, 0) is 5.41 Å².